The summed E-state index contributed by atoms with van der Waals surface area (Å²) >= 11 is 0. The quantitative estimate of drug-likeness (QED) is 0.852. The van der Waals surface area contributed by atoms with Crippen LogP contribution >= 0.6 is 0 Å². The Morgan fingerprint density at radius 2 is 2.18 bits per heavy atom. The average Bonchev–Trinajstić information content (AvgIpc) is 2.98. The zero-order valence-corrected chi connectivity index (χ0v) is 10.5. The lowest BCUT2D eigenvalue weighted by molar-refractivity contribution is 0.0284. The summed E-state index contributed by atoms with van der Waals surface area (Å²) in [5.41, 5.74) is 2.63. The fraction of sp³-hybridized carbons (Fsp3) is 0.769. The summed E-state index contributed by atoms with van der Waals surface area (Å²) in [7, 11) is 0. The number of likely N-dealkylation sites (tertiary alicyclic amines) is 1. The van der Waals surface area contributed by atoms with Gasteiger partial charge in [-0.05, 0) is 44.7 Å². The Morgan fingerprint density at radius 1 is 1.35 bits per heavy atom. The molecule has 0 bridgehead atoms. The second-order valence-corrected chi connectivity index (χ2v) is 5.21. The van der Waals surface area contributed by atoms with Crippen molar-refractivity contribution in [1.82, 2.24) is 15.1 Å². The van der Waals surface area contributed by atoms with Crippen LogP contribution in [0.3, 0.4) is 0 Å². The lowest BCUT2D eigenvalue weighted by atomic mass is 10.0. The molecule has 0 amide bonds. The molecule has 3 rings (SSSR count). The topological polar surface area (TPSA) is 41.2 Å². The lowest BCUT2D eigenvalue weighted by Crippen LogP contribution is -2.39. The molecule has 0 radical (unpaired) electrons. The van der Waals surface area contributed by atoms with Crippen molar-refractivity contribution in [3.8, 4) is 0 Å². The molecule has 2 aliphatic heterocycles. The molecule has 1 aromatic heterocycles. The maximum Gasteiger partial charge on any atom is 0.0553 e. The van der Waals surface area contributed by atoms with Gasteiger partial charge in [0.2, 0.25) is 0 Å². The molecule has 1 unspecified atom stereocenters. The first kappa shape index (κ1) is 11.2. The number of aromatic amines is 1. The minimum absolute atomic E-state index is 0.556. The van der Waals surface area contributed by atoms with Crippen LogP contribution in [0.15, 0.2) is 6.20 Å². The monoisotopic (exact) mass is 235 g/mol. The van der Waals surface area contributed by atoms with Crippen molar-refractivity contribution in [2.45, 2.75) is 44.7 Å². The Hall–Kier alpha value is -0.870. The van der Waals surface area contributed by atoms with E-state index in [-0.39, 0.29) is 0 Å². The van der Waals surface area contributed by atoms with E-state index in [1.54, 1.807) is 0 Å². The highest BCUT2D eigenvalue weighted by molar-refractivity contribution is 5.19. The SMILES string of the molecule is Cc1cn[nH]c1C1CCCN1C1CCOCC1. The number of nitrogens with zero attached hydrogens (tertiary/aromatic N) is 2. The molecule has 4 nitrogen and oxygen atoms in total. The number of rotatable bonds is 2. The van der Waals surface area contributed by atoms with E-state index in [9.17, 15) is 0 Å². The fourth-order valence-electron chi connectivity index (χ4n) is 3.25. The van der Waals surface area contributed by atoms with Gasteiger partial charge in [0.05, 0.1) is 17.9 Å². The first-order chi connectivity index (χ1) is 8.36. The summed E-state index contributed by atoms with van der Waals surface area (Å²) in [4.78, 5) is 2.67. The van der Waals surface area contributed by atoms with Crippen LogP contribution in [0.1, 0.15) is 43.0 Å². The summed E-state index contributed by atoms with van der Waals surface area (Å²) in [5.74, 6) is 0. The van der Waals surface area contributed by atoms with Crippen molar-refractivity contribution in [2.75, 3.05) is 19.8 Å². The maximum atomic E-state index is 5.46. The normalized spacial score (nSPS) is 27.7. The molecular weight excluding hydrogens is 214 g/mol. The van der Waals surface area contributed by atoms with E-state index in [1.807, 2.05) is 6.20 Å². The smallest absolute Gasteiger partial charge is 0.0553 e. The summed E-state index contributed by atoms with van der Waals surface area (Å²) in [5, 5.41) is 7.36. The van der Waals surface area contributed by atoms with Crippen molar-refractivity contribution in [2.24, 2.45) is 0 Å². The molecule has 1 atom stereocenters. The van der Waals surface area contributed by atoms with Crippen LogP contribution in [0.4, 0.5) is 0 Å². The molecule has 0 aliphatic carbocycles. The number of ether oxygens (including phenoxy) is 1. The maximum absolute atomic E-state index is 5.46. The van der Waals surface area contributed by atoms with Gasteiger partial charge >= 0.3 is 0 Å². The van der Waals surface area contributed by atoms with Crippen LogP contribution < -0.4 is 0 Å². The van der Waals surface area contributed by atoms with E-state index in [0.717, 1.165) is 13.2 Å². The summed E-state index contributed by atoms with van der Waals surface area (Å²) in [6.07, 6.45) is 6.88. The van der Waals surface area contributed by atoms with E-state index in [0.29, 0.717) is 12.1 Å². The van der Waals surface area contributed by atoms with Crippen LogP contribution in [-0.4, -0.2) is 40.9 Å². The highest BCUT2D eigenvalue weighted by Gasteiger charge is 2.33. The van der Waals surface area contributed by atoms with Gasteiger partial charge in [0.1, 0.15) is 0 Å². The Balaban J connectivity index is 1.77. The molecule has 2 aliphatic rings. The average molecular weight is 235 g/mol. The van der Waals surface area contributed by atoms with Gasteiger partial charge in [0, 0.05) is 19.3 Å². The number of H-pyrrole nitrogens is 1. The molecular formula is C13H21N3O. The van der Waals surface area contributed by atoms with Gasteiger partial charge in [-0.1, -0.05) is 0 Å². The van der Waals surface area contributed by atoms with Gasteiger partial charge in [0.15, 0.2) is 0 Å². The highest BCUT2D eigenvalue weighted by Crippen LogP contribution is 2.36. The molecule has 0 spiro atoms. The molecule has 0 saturated carbocycles. The van der Waals surface area contributed by atoms with Crippen molar-refractivity contribution < 1.29 is 4.74 Å². The summed E-state index contributed by atoms with van der Waals surface area (Å²) in [6, 6.07) is 1.26. The van der Waals surface area contributed by atoms with E-state index in [1.165, 1.54) is 43.5 Å². The minimum atomic E-state index is 0.556. The predicted molar refractivity (Wildman–Crippen MR) is 65.8 cm³/mol. The Morgan fingerprint density at radius 3 is 2.88 bits per heavy atom. The van der Waals surface area contributed by atoms with Gasteiger partial charge < -0.3 is 4.74 Å². The summed E-state index contributed by atoms with van der Waals surface area (Å²) in [6.45, 7) is 5.23. The van der Waals surface area contributed by atoms with Crippen molar-refractivity contribution in [3.63, 3.8) is 0 Å². The third-order valence-electron chi connectivity index (χ3n) is 4.16. The molecule has 2 saturated heterocycles. The van der Waals surface area contributed by atoms with Crippen molar-refractivity contribution >= 4 is 0 Å². The minimum Gasteiger partial charge on any atom is -0.381 e. The molecule has 3 heterocycles. The second-order valence-electron chi connectivity index (χ2n) is 5.21. The zero-order chi connectivity index (χ0) is 11.7. The Labute approximate surface area is 102 Å². The fourth-order valence-corrected chi connectivity index (χ4v) is 3.25. The van der Waals surface area contributed by atoms with Gasteiger partial charge in [0.25, 0.3) is 0 Å². The molecule has 4 heteroatoms. The third kappa shape index (κ3) is 2.11. The van der Waals surface area contributed by atoms with E-state index in [2.05, 4.69) is 22.0 Å². The van der Waals surface area contributed by atoms with E-state index >= 15 is 0 Å². The molecule has 2 fully saturated rings. The highest BCUT2D eigenvalue weighted by atomic mass is 16.5. The number of hydrogen-bond acceptors (Lipinski definition) is 3. The summed E-state index contributed by atoms with van der Waals surface area (Å²) < 4.78 is 5.46. The van der Waals surface area contributed by atoms with Gasteiger partial charge in [-0.3, -0.25) is 10.00 Å². The Bertz CT molecular complexity index is 370. The standard InChI is InChI=1S/C13H21N3O/c1-10-9-14-15-13(10)12-3-2-6-16(12)11-4-7-17-8-5-11/h9,11-12H,2-8H2,1H3,(H,14,15). The number of nitrogens with one attached hydrogen (secondary N) is 1. The first-order valence-electron chi connectivity index (χ1n) is 6.69. The number of aromatic nitrogens is 2. The van der Waals surface area contributed by atoms with Crippen LogP contribution in [-0.2, 0) is 4.74 Å². The molecule has 1 N–H and O–H groups in total. The number of hydrogen-bond donors (Lipinski definition) is 1. The predicted octanol–water partition coefficient (Wildman–Crippen LogP) is 2.03. The van der Waals surface area contributed by atoms with E-state index < -0.39 is 0 Å². The van der Waals surface area contributed by atoms with Crippen molar-refractivity contribution in [3.05, 3.63) is 17.5 Å². The third-order valence-corrected chi connectivity index (χ3v) is 4.16. The van der Waals surface area contributed by atoms with E-state index in [4.69, 9.17) is 4.74 Å². The van der Waals surface area contributed by atoms with Crippen molar-refractivity contribution in [1.29, 1.82) is 0 Å². The molecule has 17 heavy (non-hydrogen) atoms. The van der Waals surface area contributed by atoms with Crippen LogP contribution in [0, 0.1) is 6.92 Å². The second kappa shape index (κ2) is 4.78. The van der Waals surface area contributed by atoms with Gasteiger partial charge in [-0.25, -0.2) is 0 Å². The van der Waals surface area contributed by atoms with Crippen LogP contribution in [0.25, 0.3) is 0 Å². The zero-order valence-electron chi connectivity index (χ0n) is 10.5. The van der Waals surface area contributed by atoms with Gasteiger partial charge in [-0.2, -0.15) is 5.10 Å². The van der Waals surface area contributed by atoms with Crippen LogP contribution in [0.2, 0.25) is 0 Å². The molecule has 94 valence electrons. The lowest BCUT2D eigenvalue weighted by Gasteiger charge is -2.35. The Kier molecular flexibility index (Phi) is 3.16. The number of aryl methyl sites for hydroxylation is 1. The van der Waals surface area contributed by atoms with Crippen LogP contribution in [0.5, 0.6) is 0 Å². The molecule has 0 aromatic carbocycles. The molecule has 1 aromatic rings. The largest absolute Gasteiger partial charge is 0.381 e. The van der Waals surface area contributed by atoms with Gasteiger partial charge in [-0.15, -0.1) is 0 Å². The first-order valence-corrected chi connectivity index (χ1v) is 6.69.